The van der Waals surface area contributed by atoms with Gasteiger partial charge in [0.1, 0.15) is 6.10 Å². The fourth-order valence-electron chi connectivity index (χ4n) is 3.48. The molecule has 0 spiro atoms. The molecule has 2 aliphatic heterocycles. The SMILES string of the molecule is O=C(Nc1cccc(CNC(=O)N2CCc3sccc3C2)c1)C1CCCO1. The number of anilines is 1. The molecule has 0 bridgehead atoms. The topological polar surface area (TPSA) is 70.7 Å². The molecule has 1 fully saturated rings. The molecule has 1 aromatic carbocycles. The van der Waals surface area contributed by atoms with Crippen LogP contribution in [0.4, 0.5) is 10.5 Å². The minimum absolute atomic E-state index is 0.0550. The van der Waals surface area contributed by atoms with Crippen LogP contribution >= 0.6 is 11.3 Å². The smallest absolute Gasteiger partial charge is 0.317 e. The molecule has 1 atom stereocenters. The van der Waals surface area contributed by atoms with Gasteiger partial charge in [0.2, 0.25) is 0 Å². The first kappa shape index (κ1) is 18.0. The first-order valence-corrected chi connectivity index (χ1v) is 10.2. The van der Waals surface area contributed by atoms with Crippen molar-refractivity contribution in [1.29, 1.82) is 0 Å². The van der Waals surface area contributed by atoms with Gasteiger partial charge in [-0.05, 0) is 54.0 Å². The van der Waals surface area contributed by atoms with Crippen LogP contribution in [0, 0.1) is 0 Å². The predicted octanol–water partition coefficient (Wildman–Crippen LogP) is 3.13. The molecule has 2 aliphatic rings. The summed E-state index contributed by atoms with van der Waals surface area (Å²) in [5, 5.41) is 7.96. The number of benzene rings is 1. The summed E-state index contributed by atoms with van der Waals surface area (Å²) < 4.78 is 5.41. The van der Waals surface area contributed by atoms with Gasteiger partial charge < -0.3 is 20.3 Å². The molecule has 3 heterocycles. The number of ether oxygens (including phenoxy) is 1. The van der Waals surface area contributed by atoms with E-state index in [4.69, 9.17) is 4.74 Å². The number of urea groups is 1. The van der Waals surface area contributed by atoms with Gasteiger partial charge in [-0.25, -0.2) is 4.79 Å². The first-order chi connectivity index (χ1) is 13.2. The average molecular weight is 385 g/mol. The zero-order valence-electron chi connectivity index (χ0n) is 15.1. The molecule has 1 saturated heterocycles. The number of fused-ring (bicyclic) bond motifs is 1. The number of hydrogen-bond donors (Lipinski definition) is 2. The Hall–Kier alpha value is -2.38. The molecule has 7 heteroatoms. The molecule has 0 radical (unpaired) electrons. The van der Waals surface area contributed by atoms with E-state index >= 15 is 0 Å². The number of hydrogen-bond acceptors (Lipinski definition) is 4. The van der Waals surface area contributed by atoms with Gasteiger partial charge in [-0.1, -0.05) is 12.1 Å². The highest BCUT2D eigenvalue weighted by Crippen LogP contribution is 2.24. The van der Waals surface area contributed by atoms with E-state index in [0.717, 1.165) is 37.1 Å². The molecule has 2 aromatic rings. The van der Waals surface area contributed by atoms with Crippen molar-refractivity contribution in [3.8, 4) is 0 Å². The van der Waals surface area contributed by atoms with Crippen molar-refractivity contribution in [2.75, 3.05) is 18.5 Å². The average Bonchev–Trinajstić information content (AvgIpc) is 3.37. The van der Waals surface area contributed by atoms with Gasteiger partial charge >= 0.3 is 6.03 Å². The lowest BCUT2D eigenvalue weighted by Crippen LogP contribution is -2.42. The van der Waals surface area contributed by atoms with Crippen LogP contribution in [0.25, 0.3) is 0 Å². The van der Waals surface area contributed by atoms with E-state index in [1.54, 1.807) is 11.3 Å². The monoisotopic (exact) mass is 385 g/mol. The highest BCUT2D eigenvalue weighted by atomic mass is 32.1. The largest absolute Gasteiger partial charge is 0.368 e. The number of nitrogens with one attached hydrogen (secondary N) is 2. The Morgan fingerprint density at radius 1 is 1.30 bits per heavy atom. The molecule has 142 valence electrons. The Balaban J connectivity index is 1.30. The minimum atomic E-state index is -0.352. The lowest BCUT2D eigenvalue weighted by Gasteiger charge is -2.27. The number of nitrogens with zero attached hydrogens (tertiary/aromatic N) is 1. The van der Waals surface area contributed by atoms with Crippen molar-refractivity contribution in [3.63, 3.8) is 0 Å². The Labute approximate surface area is 162 Å². The quantitative estimate of drug-likeness (QED) is 0.849. The van der Waals surface area contributed by atoms with Gasteiger partial charge in [0.05, 0.1) is 0 Å². The molecular weight excluding hydrogens is 362 g/mol. The van der Waals surface area contributed by atoms with Crippen molar-refractivity contribution in [1.82, 2.24) is 10.2 Å². The second-order valence-corrected chi connectivity index (χ2v) is 7.89. The summed E-state index contributed by atoms with van der Waals surface area (Å²) in [4.78, 5) is 27.9. The zero-order valence-corrected chi connectivity index (χ0v) is 15.9. The number of thiophene rings is 1. The molecule has 0 saturated carbocycles. The van der Waals surface area contributed by atoms with Gasteiger partial charge in [0.25, 0.3) is 5.91 Å². The zero-order chi connectivity index (χ0) is 18.6. The molecule has 6 nitrogen and oxygen atoms in total. The maximum absolute atomic E-state index is 12.5. The van der Waals surface area contributed by atoms with Gasteiger partial charge in [-0.2, -0.15) is 0 Å². The second kappa shape index (κ2) is 8.10. The number of carbonyl (C=O) groups is 2. The van der Waals surface area contributed by atoms with E-state index in [9.17, 15) is 9.59 Å². The standard InChI is InChI=1S/C20H23N3O3S/c24-19(17-5-2-9-26-17)22-16-4-1-3-14(11-16)12-21-20(25)23-8-6-18-15(13-23)7-10-27-18/h1,3-4,7,10-11,17H,2,5-6,8-9,12-13H2,(H,21,25)(H,22,24). The maximum Gasteiger partial charge on any atom is 0.317 e. The van der Waals surface area contributed by atoms with Crippen molar-refractivity contribution in [2.24, 2.45) is 0 Å². The van der Waals surface area contributed by atoms with Crippen molar-refractivity contribution in [2.45, 2.75) is 38.5 Å². The number of carbonyl (C=O) groups excluding carboxylic acids is 2. The maximum atomic E-state index is 12.5. The van der Waals surface area contributed by atoms with Crippen LogP contribution in [0.15, 0.2) is 35.7 Å². The summed E-state index contributed by atoms with van der Waals surface area (Å²) in [7, 11) is 0. The van der Waals surface area contributed by atoms with Crippen LogP contribution in [0.5, 0.6) is 0 Å². The molecular formula is C20H23N3O3S. The van der Waals surface area contributed by atoms with Crippen LogP contribution < -0.4 is 10.6 Å². The summed E-state index contributed by atoms with van der Waals surface area (Å²) in [5.41, 5.74) is 2.92. The fourth-order valence-corrected chi connectivity index (χ4v) is 4.37. The van der Waals surface area contributed by atoms with Crippen molar-refractivity contribution < 1.29 is 14.3 Å². The molecule has 4 rings (SSSR count). The van der Waals surface area contributed by atoms with Crippen molar-refractivity contribution >= 4 is 29.0 Å². The van der Waals surface area contributed by atoms with E-state index in [1.165, 1.54) is 10.4 Å². The lowest BCUT2D eigenvalue weighted by molar-refractivity contribution is -0.124. The van der Waals surface area contributed by atoms with Gasteiger partial charge in [0.15, 0.2) is 0 Å². The summed E-state index contributed by atoms with van der Waals surface area (Å²) in [6.07, 6.45) is 2.26. The lowest BCUT2D eigenvalue weighted by atomic mass is 10.1. The molecule has 3 amide bonds. The fraction of sp³-hybridized carbons (Fsp3) is 0.400. The summed E-state index contributed by atoms with van der Waals surface area (Å²) in [6, 6.07) is 9.60. The Morgan fingerprint density at radius 3 is 3.07 bits per heavy atom. The third-order valence-electron chi connectivity index (χ3n) is 4.96. The third-order valence-corrected chi connectivity index (χ3v) is 5.98. The molecule has 27 heavy (non-hydrogen) atoms. The van der Waals surface area contributed by atoms with Crippen LogP contribution in [-0.2, 0) is 29.0 Å². The van der Waals surface area contributed by atoms with Crippen LogP contribution in [0.1, 0.15) is 28.8 Å². The van der Waals surface area contributed by atoms with Gasteiger partial charge in [-0.15, -0.1) is 11.3 Å². The van der Waals surface area contributed by atoms with E-state index in [-0.39, 0.29) is 18.0 Å². The van der Waals surface area contributed by atoms with Gasteiger partial charge in [0, 0.05) is 36.8 Å². The molecule has 2 N–H and O–H groups in total. The second-order valence-electron chi connectivity index (χ2n) is 6.89. The first-order valence-electron chi connectivity index (χ1n) is 9.28. The Kier molecular flexibility index (Phi) is 5.40. The normalized spacial score (nSPS) is 18.8. The molecule has 1 aromatic heterocycles. The summed E-state index contributed by atoms with van der Waals surface area (Å²) in [6.45, 7) is 2.49. The molecule has 0 aliphatic carbocycles. The van der Waals surface area contributed by atoms with E-state index < -0.39 is 0 Å². The Morgan fingerprint density at radius 2 is 2.22 bits per heavy atom. The van der Waals surface area contributed by atoms with E-state index in [1.807, 2.05) is 29.2 Å². The van der Waals surface area contributed by atoms with Crippen molar-refractivity contribution in [3.05, 3.63) is 51.7 Å². The molecule has 1 unspecified atom stereocenters. The summed E-state index contributed by atoms with van der Waals surface area (Å²) >= 11 is 1.76. The van der Waals surface area contributed by atoms with Crippen LogP contribution in [0.3, 0.4) is 0 Å². The van der Waals surface area contributed by atoms with Gasteiger partial charge in [-0.3, -0.25) is 4.79 Å². The Bertz CT molecular complexity index is 829. The highest BCUT2D eigenvalue weighted by molar-refractivity contribution is 7.10. The van der Waals surface area contributed by atoms with Crippen LogP contribution in [-0.4, -0.2) is 36.1 Å². The number of amides is 3. The van der Waals surface area contributed by atoms with Crippen LogP contribution in [0.2, 0.25) is 0 Å². The van der Waals surface area contributed by atoms with E-state index in [2.05, 4.69) is 22.1 Å². The third kappa shape index (κ3) is 4.31. The predicted molar refractivity (Wildman–Crippen MR) is 105 cm³/mol. The summed E-state index contributed by atoms with van der Waals surface area (Å²) in [5.74, 6) is -0.103. The highest BCUT2D eigenvalue weighted by Gasteiger charge is 2.24. The minimum Gasteiger partial charge on any atom is -0.368 e. The van der Waals surface area contributed by atoms with E-state index in [0.29, 0.717) is 19.7 Å². The number of rotatable bonds is 4.